The van der Waals surface area contributed by atoms with E-state index in [1.54, 1.807) is 11.1 Å². The molecule has 3 fully saturated rings. The average Bonchev–Trinajstić information content (AvgIpc) is 3.29. The highest BCUT2D eigenvalue weighted by molar-refractivity contribution is 5.99. The maximum Gasteiger partial charge on any atom is 0.257 e. The lowest BCUT2D eigenvalue weighted by molar-refractivity contribution is -0.149. The molecule has 2 amide bonds. The molecule has 1 unspecified atom stereocenters. The largest absolute Gasteiger partial charge is 0.393 e. The minimum absolute atomic E-state index is 0.0967. The van der Waals surface area contributed by atoms with Crippen LogP contribution in [-0.2, 0) is 4.79 Å². The molecule has 2 N–H and O–H groups in total. The van der Waals surface area contributed by atoms with Crippen LogP contribution in [0.15, 0.2) is 12.4 Å². The summed E-state index contributed by atoms with van der Waals surface area (Å²) in [6.45, 7) is 1.40. The van der Waals surface area contributed by atoms with Gasteiger partial charge in [0, 0.05) is 25.3 Å². The van der Waals surface area contributed by atoms with Gasteiger partial charge in [0.2, 0.25) is 5.91 Å². The lowest BCUT2D eigenvalue weighted by atomic mass is 9.82. The number of aromatic nitrogens is 2. The summed E-state index contributed by atoms with van der Waals surface area (Å²) < 4.78 is 0. The van der Waals surface area contributed by atoms with Crippen molar-refractivity contribution >= 4 is 11.8 Å². The third-order valence-electron chi connectivity index (χ3n) is 6.23. The Hall–Kier alpha value is -1.89. The van der Waals surface area contributed by atoms with Crippen molar-refractivity contribution in [3.05, 3.63) is 18.0 Å². The van der Waals surface area contributed by atoms with Gasteiger partial charge in [-0.15, -0.1) is 0 Å². The molecular weight excluding hydrogens is 320 g/mol. The Morgan fingerprint density at radius 3 is 2.60 bits per heavy atom. The van der Waals surface area contributed by atoms with E-state index in [4.69, 9.17) is 0 Å². The SMILES string of the molecule is O=C(c1cn[nH]c1)N1CCCC12CCCN(C1CCC(O)CC1)C2=O. The van der Waals surface area contributed by atoms with Gasteiger partial charge in [-0.05, 0) is 51.4 Å². The van der Waals surface area contributed by atoms with Crippen molar-refractivity contribution < 1.29 is 14.7 Å². The van der Waals surface area contributed by atoms with Crippen molar-refractivity contribution in [1.82, 2.24) is 20.0 Å². The van der Waals surface area contributed by atoms with Crippen LogP contribution in [0.25, 0.3) is 0 Å². The van der Waals surface area contributed by atoms with Crippen molar-refractivity contribution in [2.24, 2.45) is 0 Å². The zero-order valence-corrected chi connectivity index (χ0v) is 14.5. The number of aromatic amines is 1. The number of piperidine rings is 1. The fourth-order valence-electron chi connectivity index (χ4n) is 4.92. The van der Waals surface area contributed by atoms with E-state index in [2.05, 4.69) is 10.2 Å². The van der Waals surface area contributed by atoms with Gasteiger partial charge in [0.1, 0.15) is 5.54 Å². The number of aliphatic hydroxyl groups is 1. The minimum atomic E-state index is -0.678. The molecule has 1 spiro atoms. The van der Waals surface area contributed by atoms with Crippen LogP contribution in [0.4, 0.5) is 0 Å². The number of carbonyl (C=O) groups is 2. The molecule has 25 heavy (non-hydrogen) atoms. The first-order valence-corrected chi connectivity index (χ1v) is 9.42. The maximum atomic E-state index is 13.5. The molecule has 0 aromatic carbocycles. The molecule has 1 aliphatic carbocycles. The lowest BCUT2D eigenvalue weighted by Crippen LogP contribution is -2.63. The minimum Gasteiger partial charge on any atom is -0.393 e. The van der Waals surface area contributed by atoms with Crippen molar-refractivity contribution in [1.29, 1.82) is 0 Å². The summed E-state index contributed by atoms with van der Waals surface area (Å²) in [5.74, 6) is 0.0231. The molecule has 1 saturated carbocycles. The van der Waals surface area contributed by atoms with Crippen LogP contribution < -0.4 is 0 Å². The van der Waals surface area contributed by atoms with Gasteiger partial charge in [0.25, 0.3) is 5.91 Å². The van der Waals surface area contributed by atoms with Gasteiger partial charge in [-0.25, -0.2) is 0 Å². The standard InChI is InChI=1S/C18H26N4O3/c23-15-5-3-14(4-6-15)21-9-1-7-18(17(21)25)8-2-10-22(18)16(24)13-11-19-20-12-13/h11-12,14-15,23H,1-10H2,(H,19,20). The van der Waals surface area contributed by atoms with Crippen LogP contribution in [0.2, 0.25) is 0 Å². The number of likely N-dealkylation sites (tertiary alicyclic amines) is 2. The zero-order chi connectivity index (χ0) is 17.4. The van der Waals surface area contributed by atoms with E-state index in [0.29, 0.717) is 12.1 Å². The van der Waals surface area contributed by atoms with E-state index < -0.39 is 5.54 Å². The summed E-state index contributed by atoms with van der Waals surface area (Å²) in [6, 6.07) is 0.208. The molecule has 136 valence electrons. The molecule has 1 aromatic heterocycles. The van der Waals surface area contributed by atoms with Gasteiger partial charge >= 0.3 is 0 Å². The maximum absolute atomic E-state index is 13.5. The molecule has 1 atom stereocenters. The predicted molar refractivity (Wildman–Crippen MR) is 90.8 cm³/mol. The summed E-state index contributed by atoms with van der Waals surface area (Å²) in [7, 11) is 0. The number of rotatable bonds is 2. The number of hydrogen-bond donors (Lipinski definition) is 2. The average molecular weight is 346 g/mol. The third kappa shape index (κ3) is 2.74. The number of carbonyl (C=O) groups excluding carboxylic acids is 2. The Morgan fingerprint density at radius 1 is 1.20 bits per heavy atom. The molecule has 0 radical (unpaired) electrons. The van der Waals surface area contributed by atoms with Crippen LogP contribution in [-0.4, -0.2) is 67.7 Å². The molecule has 0 bridgehead atoms. The summed E-state index contributed by atoms with van der Waals surface area (Å²) in [4.78, 5) is 30.2. The summed E-state index contributed by atoms with van der Waals surface area (Å²) in [6.07, 6.45) is 9.45. The summed E-state index contributed by atoms with van der Waals surface area (Å²) >= 11 is 0. The van der Waals surface area contributed by atoms with Gasteiger partial charge in [0.15, 0.2) is 0 Å². The molecule has 1 aromatic rings. The fourth-order valence-corrected chi connectivity index (χ4v) is 4.92. The Morgan fingerprint density at radius 2 is 1.92 bits per heavy atom. The fraction of sp³-hybridized carbons (Fsp3) is 0.722. The number of H-pyrrole nitrogens is 1. The van der Waals surface area contributed by atoms with Crippen LogP contribution in [0.3, 0.4) is 0 Å². The first-order valence-electron chi connectivity index (χ1n) is 9.42. The molecule has 2 aliphatic heterocycles. The van der Waals surface area contributed by atoms with Crippen molar-refractivity contribution in [3.63, 3.8) is 0 Å². The summed E-state index contributed by atoms with van der Waals surface area (Å²) in [5, 5.41) is 16.3. The smallest absolute Gasteiger partial charge is 0.257 e. The second kappa shape index (κ2) is 6.44. The van der Waals surface area contributed by atoms with E-state index in [9.17, 15) is 14.7 Å². The van der Waals surface area contributed by atoms with Crippen LogP contribution in [0.5, 0.6) is 0 Å². The number of aliphatic hydroxyl groups excluding tert-OH is 1. The van der Waals surface area contributed by atoms with Crippen molar-refractivity contribution in [3.8, 4) is 0 Å². The number of nitrogens with zero attached hydrogens (tertiary/aromatic N) is 3. The quantitative estimate of drug-likeness (QED) is 0.845. The Bertz CT molecular complexity index is 639. The molecule has 7 nitrogen and oxygen atoms in total. The van der Waals surface area contributed by atoms with Crippen LogP contribution in [0.1, 0.15) is 61.7 Å². The third-order valence-corrected chi connectivity index (χ3v) is 6.23. The van der Waals surface area contributed by atoms with Gasteiger partial charge in [0.05, 0.1) is 17.9 Å². The number of amides is 2. The highest BCUT2D eigenvalue weighted by Gasteiger charge is 2.53. The molecule has 3 aliphatic rings. The Kier molecular flexibility index (Phi) is 4.27. The first kappa shape index (κ1) is 16.6. The van der Waals surface area contributed by atoms with Crippen molar-refractivity contribution in [2.45, 2.75) is 69.1 Å². The van der Waals surface area contributed by atoms with E-state index >= 15 is 0 Å². The highest BCUT2D eigenvalue weighted by Crippen LogP contribution is 2.41. The monoisotopic (exact) mass is 346 g/mol. The predicted octanol–water partition coefficient (Wildman–Crippen LogP) is 1.31. The van der Waals surface area contributed by atoms with Crippen LogP contribution >= 0.6 is 0 Å². The first-order chi connectivity index (χ1) is 12.1. The zero-order valence-electron chi connectivity index (χ0n) is 14.5. The number of hydrogen-bond acceptors (Lipinski definition) is 4. The van der Waals surface area contributed by atoms with E-state index in [1.807, 2.05) is 4.90 Å². The van der Waals surface area contributed by atoms with Gasteiger partial charge < -0.3 is 14.9 Å². The van der Waals surface area contributed by atoms with E-state index in [0.717, 1.165) is 57.9 Å². The van der Waals surface area contributed by atoms with E-state index in [-0.39, 0.29) is 24.0 Å². The second-order valence-electron chi connectivity index (χ2n) is 7.64. The Labute approximate surface area is 147 Å². The topological polar surface area (TPSA) is 89.5 Å². The molecule has 4 rings (SSSR count). The highest BCUT2D eigenvalue weighted by atomic mass is 16.3. The molecule has 2 saturated heterocycles. The normalized spacial score (nSPS) is 33.2. The lowest BCUT2D eigenvalue weighted by Gasteiger charge is -2.48. The molecular formula is C18H26N4O3. The second-order valence-corrected chi connectivity index (χ2v) is 7.64. The number of nitrogens with one attached hydrogen (secondary N) is 1. The van der Waals surface area contributed by atoms with Gasteiger partial charge in [-0.2, -0.15) is 5.10 Å². The van der Waals surface area contributed by atoms with Crippen LogP contribution in [0, 0.1) is 0 Å². The van der Waals surface area contributed by atoms with Gasteiger partial charge in [-0.3, -0.25) is 14.7 Å². The molecule has 3 heterocycles. The van der Waals surface area contributed by atoms with Gasteiger partial charge in [-0.1, -0.05) is 0 Å². The summed E-state index contributed by atoms with van der Waals surface area (Å²) in [5.41, 5.74) is -0.158. The Balaban J connectivity index is 1.57. The van der Waals surface area contributed by atoms with Crippen molar-refractivity contribution in [2.75, 3.05) is 13.1 Å². The molecule has 7 heteroatoms. The van der Waals surface area contributed by atoms with E-state index in [1.165, 1.54) is 6.20 Å².